The molecular weight excluding hydrogens is 356 g/mol. The number of hydrogen-bond donors (Lipinski definition) is 0. The van der Waals surface area contributed by atoms with Gasteiger partial charge in [-0.3, -0.25) is 0 Å². The van der Waals surface area contributed by atoms with Crippen molar-refractivity contribution < 1.29 is 0 Å². The Labute approximate surface area is 161 Å². The molecule has 2 nitrogen and oxygen atoms in total. The van der Waals surface area contributed by atoms with Gasteiger partial charge in [0.1, 0.15) is 0 Å². The molecule has 124 valence electrons. The molecule has 0 aromatic heterocycles. The lowest BCUT2D eigenvalue weighted by molar-refractivity contribution is 1.10. The fourth-order valence-corrected chi connectivity index (χ4v) is 5.75. The molecule has 1 aliphatic rings. The Hall–Kier alpha value is -2.66. The first kappa shape index (κ1) is 16.8. The van der Waals surface area contributed by atoms with Crippen LogP contribution in [0.4, 0.5) is 0 Å². The molecule has 4 heteroatoms. The van der Waals surface area contributed by atoms with Crippen LogP contribution in [-0.4, -0.2) is 0 Å². The van der Waals surface area contributed by atoms with Gasteiger partial charge in [0.15, 0.2) is 5.92 Å². The van der Waals surface area contributed by atoms with Crippen LogP contribution in [-0.2, 0) is 0 Å². The second kappa shape index (κ2) is 7.30. The number of thioether (sulfide) groups is 2. The van der Waals surface area contributed by atoms with Crippen LogP contribution < -0.4 is 0 Å². The van der Waals surface area contributed by atoms with Gasteiger partial charge in [0, 0.05) is 9.79 Å². The summed E-state index contributed by atoms with van der Waals surface area (Å²) < 4.78 is 0.399. The predicted molar refractivity (Wildman–Crippen MR) is 107 cm³/mol. The molecule has 0 unspecified atom stereocenters. The highest BCUT2D eigenvalue weighted by Crippen LogP contribution is 2.56. The van der Waals surface area contributed by atoms with E-state index in [0.717, 1.165) is 16.7 Å². The van der Waals surface area contributed by atoms with E-state index in [1.165, 1.54) is 15.4 Å². The van der Waals surface area contributed by atoms with Gasteiger partial charge in [-0.25, -0.2) is 0 Å². The summed E-state index contributed by atoms with van der Waals surface area (Å²) in [4.78, 5) is 2.71. The zero-order valence-corrected chi connectivity index (χ0v) is 15.4. The summed E-state index contributed by atoms with van der Waals surface area (Å²) in [6.07, 6.45) is 0. The van der Waals surface area contributed by atoms with Crippen LogP contribution in [0.1, 0.15) is 21.6 Å². The molecule has 0 saturated carbocycles. The Balaban J connectivity index is 1.52. The number of hydrogen-bond acceptors (Lipinski definition) is 4. The highest BCUT2D eigenvalue weighted by atomic mass is 32.2. The maximum Gasteiger partial charge on any atom is 0.158 e. The quantitative estimate of drug-likeness (QED) is 0.536. The summed E-state index contributed by atoms with van der Waals surface area (Å²) in [7, 11) is 0. The van der Waals surface area contributed by atoms with Gasteiger partial charge < -0.3 is 0 Å². The molecule has 1 aliphatic heterocycles. The number of benzene rings is 3. The molecule has 4 rings (SSSR count). The van der Waals surface area contributed by atoms with Gasteiger partial charge in [-0.15, -0.1) is 23.5 Å². The Morgan fingerprint density at radius 3 is 1.69 bits per heavy atom. The molecule has 3 aromatic carbocycles. The van der Waals surface area contributed by atoms with E-state index in [-0.39, 0.29) is 0 Å². The maximum atomic E-state index is 8.99. The first-order valence-electron chi connectivity index (χ1n) is 8.20. The first-order valence-corrected chi connectivity index (χ1v) is 9.96. The smallest absolute Gasteiger partial charge is 0.158 e. The monoisotopic (exact) mass is 370 g/mol. The van der Waals surface area contributed by atoms with Crippen molar-refractivity contribution in [2.45, 2.75) is 20.3 Å². The van der Waals surface area contributed by atoms with E-state index in [4.69, 9.17) is 10.5 Å². The van der Waals surface area contributed by atoms with Crippen molar-refractivity contribution in [1.29, 1.82) is 10.5 Å². The molecule has 0 amide bonds. The second-order valence-electron chi connectivity index (χ2n) is 5.95. The van der Waals surface area contributed by atoms with Crippen molar-refractivity contribution in [2.75, 3.05) is 0 Å². The Bertz CT molecular complexity index is 973. The molecule has 1 heterocycles. The minimum Gasteiger partial charge on any atom is -0.196 e. The third-order valence-corrected chi connectivity index (χ3v) is 7.23. The average molecular weight is 371 g/mol. The summed E-state index contributed by atoms with van der Waals surface area (Å²) in [6.45, 7) is 0. The van der Waals surface area contributed by atoms with Crippen LogP contribution in [0.5, 0.6) is 0 Å². The summed E-state index contributed by atoms with van der Waals surface area (Å²) in [5.74, 6) is -0.704. The zero-order chi connectivity index (χ0) is 17.9. The molecule has 0 saturated heterocycles. The number of fused-ring (bicyclic) bond motifs is 1. The largest absolute Gasteiger partial charge is 0.196 e. The maximum absolute atomic E-state index is 8.99. The first-order chi connectivity index (χ1) is 12.8. The third kappa shape index (κ3) is 3.22. The molecule has 0 fully saturated rings. The van der Waals surface area contributed by atoms with Crippen molar-refractivity contribution >= 4 is 23.5 Å². The predicted octanol–water partition coefficient (Wildman–Crippen LogP) is 6.38. The topological polar surface area (TPSA) is 47.6 Å². The van der Waals surface area contributed by atoms with Crippen molar-refractivity contribution in [1.82, 2.24) is 0 Å². The molecule has 0 bridgehead atoms. The SMILES string of the molecule is N#CC(C#N)c1ccc(-c2ccc(C3Sc4ccccc4S3)cc2)cc1. The van der Waals surface area contributed by atoms with Gasteiger partial charge in [-0.1, -0.05) is 60.7 Å². The lowest BCUT2D eigenvalue weighted by Gasteiger charge is -2.10. The van der Waals surface area contributed by atoms with Crippen molar-refractivity contribution in [3.63, 3.8) is 0 Å². The van der Waals surface area contributed by atoms with Crippen molar-refractivity contribution in [3.8, 4) is 23.3 Å². The van der Waals surface area contributed by atoms with E-state index >= 15 is 0 Å². The van der Waals surface area contributed by atoms with E-state index < -0.39 is 5.92 Å². The Morgan fingerprint density at radius 2 is 1.19 bits per heavy atom. The van der Waals surface area contributed by atoms with Gasteiger partial charge in [0.25, 0.3) is 0 Å². The van der Waals surface area contributed by atoms with E-state index in [9.17, 15) is 0 Å². The molecule has 0 spiro atoms. The standard InChI is InChI=1S/C22H14N2S2/c23-13-19(14-24)17-7-5-15(6-8-17)16-9-11-18(12-10-16)22-25-20-3-1-2-4-21(20)26-22/h1-12,19,22H. The number of rotatable bonds is 3. The van der Waals surface area contributed by atoms with Gasteiger partial charge in [-0.05, 0) is 34.4 Å². The molecular formula is C22H14N2S2. The highest BCUT2D eigenvalue weighted by molar-refractivity contribution is 8.18. The summed E-state index contributed by atoms with van der Waals surface area (Å²) in [5, 5.41) is 18.0. The van der Waals surface area contributed by atoms with E-state index in [2.05, 4.69) is 48.5 Å². The van der Waals surface area contributed by atoms with E-state index in [1.807, 2.05) is 59.9 Å². The Kier molecular flexibility index (Phi) is 4.71. The third-order valence-electron chi connectivity index (χ3n) is 4.34. The minimum atomic E-state index is -0.704. The highest BCUT2D eigenvalue weighted by Gasteiger charge is 2.24. The van der Waals surface area contributed by atoms with Crippen LogP contribution in [0.2, 0.25) is 0 Å². The average Bonchev–Trinajstić information content (AvgIpc) is 3.14. The van der Waals surface area contributed by atoms with Gasteiger partial charge in [-0.2, -0.15) is 10.5 Å². The van der Waals surface area contributed by atoms with Crippen LogP contribution in [0, 0.1) is 22.7 Å². The molecule has 0 radical (unpaired) electrons. The van der Waals surface area contributed by atoms with Crippen LogP contribution in [0.15, 0.2) is 82.6 Å². The van der Waals surface area contributed by atoms with Crippen LogP contribution in [0.3, 0.4) is 0 Å². The Morgan fingerprint density at radius 1 is 0.692 bits per heavy atom. The lowest BCUT2D eigenvalue weighted by Crippen LogP contribution is -1.91. The van der Waals surface area contributed by atoms with Crippen molar-refractivity contribution in [3.05, 3.63) is 83.9 Å². The lowest BCUT2D eigenvalue weighted by atomic mass is 9.98. The van der Waals surface area contributed by atoms with Crippen LogP contribution in [0.25, 0.3) is 11.1 Å². The van der Waals surface area contributed by atoms with Crippen LogP contribution >= 0.6 is 23.5 Å². The fraction of sp³-hybridized carbons (Fsp3) is 0.0909. The van der Waals surface area contributed by atoms with E-state index in [0.29, 0.717) is 4.58 Å². The molecule has 0 atom stereocenters. The zero-order valence-electron chi connectivity index (χ0n) is 13.8. The minimum absolute atomic E-state index is 0.399. The fourth-order valence-electron chi connectivity index (χ4n) is 2.91. The molecule has 0 N–H and O–H groups in total. The molecule has 0 aliphatic carbocycles. The number of nitrogens with zero attached hydrogens (tertiary/aromatic N) is 2. The molecule has 3 aromatic rings. The normalized spacial score (nSPS) is 13.2. The van der Waals surface area contributed by atoms with Gasteiger partial charge in [0.2, 0.25) is 0 Å². The van der Waals surface area contributed by atoms with E-state index in [1.54, 1.807) is 0 Å². The number of nitriles is 2. The van der Waals surface area contributed by atoms with Gasteiger partial charge in [0.05, 0.1) is 16.7 Å². The second-order valence-corrected chi connectivity index (χ2v) is 8.54. The summed E-state index contributed by atoms with van der Waals surface area (Å²) >= 11 is 3.81. The summed E-state index contributed by atoms with van der Waals surface area (Å²) in [5.41, 5.74) is 4.28. The summed E-state index contributed by atoms with van der Waals surface area (Å²) in [6, 6.07) is 28.9. The van der Waals surface area contributed by atoms with Crippen molar-refractivity contribution in [2.24, 2.45) is 0 Å². The van der Waals surface area contributed by atoms with Gasteiger partial charge >= 0.3 is 0 Å². The molecule has 26 heavy (non-hydrogen) atoms.